The van der Waals surface area contributed by atoms with Gasteiger partial charge in [-0.15, -0.1) is 11.3 Å². The van der Waals surface area contributed by atoms with E-state index in [1.54, 1.807) is 0 Å². The SMILES string of the molecule is CNC(=O)C(=O)c1sc2c(c1C(=O)O)CCCCC2. The summed E-state index contributed by atoms with van der Waals surface area (Å²) >= 11 is 1.16. The van der Waals surface area contributed by atoms with Gasteiger partial charge in [-0.25, -0.2) is 4.79 Å². The molecule has 0 atom stereocenters. The Bertz CT molecular complexity index is 547. The number of carbonyl (C=O) groups is 3. The normalized spacial score (nSPS) is 14.4. The van der Waals surface area contributed by atoms with Crippen LogP contribution in [0.1, 0.15) is 49.7 Å². The number of hydrogen-bond donors (Lipinski definition) is 2. The summed E-state index contributed by atoms with van der Waals surface area (Å²) in [7, 11) is 1.36. The molecule has 0 aliphatic heterocycles. The van der Waals surface area contributed by atoms with Gasteiger partial charge in [0.05, 0.1) is 10.4 Å². The molecule has 102 valence electrons. The van der Waals surface area contributed by atoms with Crippen LogP contribution in [0.15, 0.2) is 0 Å². The van der Waals surface area contributed by atoms with Gasteiger partial charge >= 0.3 is 5.97 Å². The van der Waals surface area contributed by atoms with Crippen LogP contribution in [0, 0.1) is 0 Å². The quantitative estimate of drug-likeness (QED) is 0.501. The van der Waals surface area contributed by atoms with Crippen molar-refractivity contribution < 1.29 is 19.5 Å². The minimum Gasteiger partial charge on any atom is -0.478 e. The van der Waals surface area contributed by atoms with E-state index in [2.05, 4.69) is 5.32 Å². The fraction of sp³-hybridized carbons (Fsp3) is 0.462. The number of likely N-dealkylation sites (N-methyl/N-ethyl adjacent to an activating group) is 1. The van der Waals surface area contributed by atoms with E-state index in [1.165, 1.54) is 7.05 Å². The molecule has 1 heterocycles. The lowest BCUT2D eigenvalue weighted by atomic mass is 10.0. The zero-order valence-corrected chi connectivity index (χ0v) is 11.4. The lowest BCUT2D eigenvalue weighted by Crippen LogP contribution is -2.28. The van der Waals surface area contributed by atoms with Crippen LogP contribution in [0.3, 0.4) is 0 Å². The standard InChI is InChI=1S/C13H15NO4S/c1-14-12(16)10(15)11-9(13(17)18)7-5-3-2-4-6-8(7)19-11/h2-6H2,1H3,(H,14,16)(H,17,18). The van der Waals surface area contributed by atoms with E-state index in [9.17, 15) is 19.5 Å². The molecule has 0 unspecified atom stereocenters. The zero-order chi connectivity index (χ0) is 14.0. The van der Waals surface area contributed by atoms with Crippen LogP contribution in [0.4, 0.5) is 0 Å². The van der Waals surface area contributed by atoms with Crippen LogP contribution in [0.5, 0.6) is 0 Å². The van der Waals surface area contributed by atoms with Crippen LogP contribution in [-0.2, 0) is 17.6 Å². The van der Waals surface area contributed by atoms with Gasteiger partial charge in [-0.05, 0) is 31.2 Å². The maximum atomic E-state index is 11.9. The largest absolute Gasteiger partial charge is 0.478 e. The number of amides is 1. The Kier molecular flexibility index (Phi) is 3.99. The summed E-state index contributed by atoms with van der Waals surface area (Å²) in [5.41, 5.74) is 0.790. The average Bonchev–Trinajstić information content (AvgIpc) is 2.61. The van der Waals surface area contributed by atoms with Crippen molar-refractivity contribution in [3.8, 4) is 0 Å². The molecule has 19 heavy (non-hydrogen) atoms. The summed E-state index contributed by atoms with van der Waals surface area (Å²) in [6, 6.07) is 0. The third-order valence-corrected chi connectivity index (χ3v) is 4.57. The number of aromatic carboxylic acids is 1. The molecule has 0 aromatic carbocycles. The van der Waals surface area contributed by atoms with Gasteiger partial charge in [0.1, 0.15) is 0 Å². The minimum absolute atomic E-state index is 0.0375. The molecule has 2 rings (SSSR count). The van der Waals surface area contributed by atoms with Crippen molar-refractivity contribution in [3.63, 3.8) is 0 Å². The number of thiophene rings is 1. The van der Waals surface area contributed by atoms with Crippen LogP contribution in [-0.4, -0.2) is 29.8 Å². The van der Waals surface area contributed by atoms with E-state index in [-0.39, 0.29) is 10.4 Å². The third kappa shape index (κ3) is 2.53. The topological polar surface area (TPSA) is 83.5 Å². The second kappa shape index (κ2) is 5.52. The average molecular weight is 281 g/mol. The highest BCUT2D eigenvalue weighted by Gasteiger charge is 2.30. The molecule has 0 spiro atoms. The fourth-order valence-corrected chi connectivity index (χ4v) is 3.66. The first-order valence-electron chi connectivity index (χ1n) is 6.20. The number of carboxylic acid groups (broad SMARTS) is 1. The predicted octanol–water partition coefficient (Wildman–Crippen LogP) is 1.64. The summed E-state index contributed by atoms with van der Waals surface area (Å²) in [6.45, 7) is 0. The van der Waals surface area contributed by atoms with Crippen molar-refractivity contribution in [3.05, 3.63) is 20.9 Å². The molecule has 0 bridgehead atoms. The second-order valence-electron chi connectivity index (χ2n) is 4.48. The molecule has 0 radical (unpaired) electrons. The van der Waals surface area contributed by atoms with Gasteiger partial charge in [0, 0.05) is 11.9 Å². The van der Waals surface area contributed by atoms with E-state index >= 15 is 0 Å². The van der Waals surface area contributed by atoms with Crippen LogP contribution < -0.4 is 5.32 Å². The Balaban J connectivity index is 2.52. The van der Waals surface area contributed by atoms with Crippen LogP contribution in [0.2, 0.25) is 0 Å². The Labute approximate surface area is 114 Å². The van der Waals surface area contributed by atoms with Gasteiger partial charge in [-0.3, -0.25) is 9.59 Å². The molecule has 0 saturated heterocycles. The lowest BCUT2D eigenvalue weighted by molar-refractivity contribution is -0.116. The Morgan fingerprint density at radius 3 is 2.47 bits per heavy atom. The molecule has 0 saturated carbocycles. The summed E-state index contributed by atoms with van der Waals surface area (Å²) in [4.78, 5) is 35.8. The molecule has 5 nitrogen and oxygen atoms in total. The summed E-state index contributed by atoms with van der Waals surface area (Å²) in [5, 5.41) is 11.6. The van der Waals surface area contributed by atoms with Crippen molar-refractivity contribution in [2.75, 3.05) is 7.05 Å². The molecule has 0 fully saturated rings. The number of ketones is 1. The first kappa shape index (κ1) is 13.7. The maximum absolute atomic E-state index is 11.9. The number of carbonyl (C=O) groups excluding carboxylic acids is 2. The van der Waals surface area contributed by atoms with E-state index in [0.29, 0.717) is 6.42 Å². The number of carboxylic acids is 1. The van der Waals surface area contributed by atoms with Gasteiger partial charge in [0.25, 0.3) is 11.7 Å². The summed E-state index contributed by atoms with van der Waals surface area (Å²) in [6.07, 6.45) is 4.47. The van der Waals surface area contributed by atoms with Crippen molar-refractivity contribution >= 4 is 29.0 Å². The Morgan fingerprint density at radius 1 is 1.16 bits per heavy atom. The highest BCUT2D eigenvalue weighted by molar-refractivity contribution is 7.15. The summed E-state index contributed by atoms with van der Waals surface area (Å²) < 4.78 is 0. The number of nitrogens with one attached hydrogen (secondary N) is 1. The number of hydrogen-bond acceptors (Lipinski definition) is 4. The first-order valence-corrected chi connectivity index (χ1v) is 7.02. The number of Topliss-reactive ketones (excluding diaryl/α,β-unsaturated/α-hetero) is 1. The molecule has 1 aromatic rings. The van der Waals surface area contributed by atoms with E-state index in [4.69, 9.17) is 0 Å². The van der Waals surface area contributed by atoms with Crippen LogP contribution >= 0.6 is 11.3 Å². The maximum Gasteiger partial charge on any atom is 0.337 e. The van der Waals surface area contributed by atoms with Gasteiger partial charge < -0.3 is 10.4 Å². The lowest BCUT2D eigenvalue weighted by Gasteiger charge is -2.02. The molecule has 1 aliphatic rings. The Hall–Kier alpha value is -1.69. The molecule has 1 amide bonds. The van der Waals surface area contributed by atoms with Gasteiger partial charge in [-0.1, -0.05) is 6.42 Å². The van der Waals surface area contributed by atoms with E-state index < -0.39 is 17.7 Å². The van der Waals surface area contributed by atoms with Crippen LogP contribution in [0.25, 0.3) is 0 Å². The summed E-state index contributed by atoms with van der Waals surface area (Å²) in [5.74, 6) is -2.64. The van der Waals surface area contributed by atoms with Gasteiger partial charge in [0.15, 0.2) is 0 Å². The van der Waals surface area contributed by atoms with E-state index in [1.807, 2.05) is 0 Å². The minimum atomic E-state index is -1.12. The Morgan fingerprint density at radius 2 is 1.84 bits per heavy atom. The number of fused-ring (bicyclic) bond motifs is 1. The molecule has 1 aromatic heterocycles. The molecule has 2 N–H and O–H groups in total. The fourth-order valence-electron chi connectivity index (χ4n) is 2.35. The van der Waals surface area contributed by atoms with Crippen molar-refractivity contribution in [1.29, 1.82) is 0 Å². The predicted molar refractivity (Wildman–Crippen MR) is 70.9 cm³/mol. The van der Waals surface area contributed by atoms with Crippen molar-refractivity contribution in [2.24, 2.45) is 0 Å². The molecule has 6 heteroatoms. The van der Waals surface area contributed by atoms with Crippen molar-refractivity contribution in [2.45, 2.75) is 32.1 Å². The van der Waals surface area contributed by atoms with Crippen molar-refractivity contribution in [1.82, 2.24) is 5.32 Å². The van der Waals surface area contributed by atoms with Gasteiger partial charge in [0.2, 0.25) is 0 Å². The second-order valence-corrected chi connectivity index (χ2v) is 5.59. The molecular formula is C13H15NO4S. The molecule has 1 aliphatic carbocycles. The highest BCUT2D eigenvalue weighted by atomic mass is 32.1. The molecular weight excluding hydrogens is 266 g/mol. The first-order chi connectivity index (χ1) is 9.06. The van der Waals surface area contributed by atoms with E-state index in [0.717, 1.165) is 47.5 Å². The number of rotatable bonds is 3. The highest BCUT2D eigenvalue weighted by Crippen LogP contribution is 2.34. The third-order valence-electron chi connectivity index (χ3n) is 3.27. The van der Waals surface area contributed by atoms with Gasteiger partial charge in [-0.2, -0.15) is 0 Å². The smallest absolute Gasteiger partial charge is 0.337 e. The zero-order valence-electron chi connectivity index (χ0n) is 10.6. The monoisotopic (exact) mass is 281 g/mol. The number of aryl methyl sites for hydroxylation is 1.